The fourth-order valence-corrected chi connectivity index (χ4v) is 6.71. The summed E-state index contributed by atoms with van der Waals surface area (Å²) in [5.74, 6) is -0.508. The van der Waals surface area contributed by atoms with Crippen molar-refractivity contribution in [2.75, 3.05) is 19.8 Å². The Morgan fingerprint density at radius 1 is 0.383 bits per heavy atom. The van der Waals surface area contributed by atoms with Gasteiger partial charge in [0.15, 0.2) is 6.10 Å². The van der Waals surface area contributed by atoms with Gasteiger partial charge < -0.3 is 14.2 Å². The Morgan fingerprint density at radius 2 is 0.783 bits per heavy atom. The van der Waals surface area contributed by atoms with Gasteiger partial charge in [-0.15, -0.1) is 0 Å². The van der Waals surface area contributed by atoms with Crippen molar-refractivity contribution in [1.29, 1.82) is 0 Å². The molecule has 0 saturated heterocycles. The third-order valence-corrected chi connectivity index (χ3v) is 10.4. The molecule has 5 heteroatoms. The molecule has 0 amide bonds. The van der Waals surface area contributed by atoms with E-state index in [0.717, 1.165) is 70.6 Å². The number of carbonyl (C=O) groups is 2. The average molecular weight is 835 g/mol. The summed E-state index contributed by atoms with van der Waals surface area (Å²) in [6.45, 7) is 7.56. The summed E-state index contributed by atoms with van der Waals surface area (Å²) in [7, 11) is 0. The quantitative estimate of drug-likeness (QED) is 0.0347. The number of carbonyl (C=O) groups excluding carboxylic acids is 2. The van der Waals surface area contributed by atoms with Gasteiger partial charge in [-0.1, -0.05) is 215 Å². The largest absolute Gasteiger partial charge is 0.462 e. The summed E-state index contributed by atoms with van der Waals surface area (Å²) >= 11 is 0. The summed E-state index contributed by atoms with van der Waals surface area (Å²) in [4.78, 5) is 25.1. The maximum absolute atomic E-state index is 12.6. The van der Waals surface area contributed by atoms with E-state index in [0.29, 0.717) is 25.9 Å². The standard InChI is InChI=1S/C55H94O5/c1-4-7-10-13-15-17-19-21-23-25-27-29-31-33-35-37-39-41-44-47-50-58-51-53(60-55(57)49-46-42-12-9-6-3)52-59-54(56)48-45-43-40-38-36-34-32-30-28-26-24-22-20-18-16-14-11-8-5-2/h8,11,16,18,21-24,28,30,34,36,40,43,53H,4-7,9-10,12-15,17,19-20,25-27,29,31-33,35,37-39,41-42,44-52H2,1-3H3/b11-8-,18-16-,23-21-,24-22-,30-28-,36-34-,43-40-. The zero-order valence-corrected chi connectivity index (χ0v) is 39.5. The van der Waals surface area contributed by atoms with Gasteiger partial charge in [0.25, 0.3) is 0 Å². The molecule has 0 rings (SSSR count). The van der Waals surface area contributed by atoms with E-state index in [4.69, 9.17) is 14.2 Å². The van der Waals surface area contributed by atoms with Crippen molar-refractivity contribution < 1.29 is 23.8 Å². The fourth-order valence-electron chi connectivity index (χ4n) is 6.71. The number of hydrogen-bond acceptors (Lipinski definition) is 5. The zero-order valence-electron chi connectivity index (χ0n) is 39.5. The second-order valence-corrected chi connectivity index (χ2v) is 16.3. The van der Waals surface area contributed by atoms with Crippen LogP contribution < -0.4 is 0 Å². The van der Waals surface area contributed by atoms with E-state index >= 15 is 0 Å². The van der Waals surface area contributed by atoms with Crippen molar-refractivity contribution in [3.8, 4) is 0 Å². The van der Waals surface area contributed by atoms with Crippen LogP contribution in [0.5, 0.6) is 0 Å². The van der Waals surface area contributed by atoms with Gasteiger partial charge in [-0.2, -0.15) is 0 Å². The van der Waals surface area contributed by atoms with E-state index in [1.807, 2.05) is 6.08 Å². The second kappa shape index (κ2) is 50.4. The smallest absolute Gasteiger partial charge is 0.306 e. The minimum atomic E-state index is -0.566. The Labute approximate surface area is 371 Å². The molecule has 0 fully saturated rings. The van der Waals surface area contributed by atoms with E-state index in [9.17, 15) is 9.59 Å². The van der Waals surface area contributed by atoms with Crippen LogP contribution in [0.15, 0.2) is 85.1 Å². The molecule has 0 radical (unpaired) electrons. The van der Waals surface area contributed by atoms with Crippen LogP contribution in [-0.2, 0) is 23.8 Å². The van der Waals surface area contributed by atoms with E-state index in [1.165, 1.54) is 116 Å². The molecule has 0 aromatic carbocycles. The molecule has 1 atom stereocenters. The maximum Gasteiger partial charge on any atom is 0.306 e. The summed E-state index contributed by atoms with van der Waals surface area (Å²) < 4.78 is 17.2. The number of ether oxygens (including phenoxy) is 3. The van der Waals surface area contributed by atoms with E-state index in [2.05, 4.69) is 99.8 Å². The minimum absolute atomic E-state index is 0.0418. The zero-order chi connectivity index (χ0) is 43.5. The van der Waals surface area contributed by atoms with Gasteiger partial charge >= 0.3 is 11.9 Å². The van der Waals surface area contributed by atoms with Crippen molar-refractivity contribution in [2.24, 2.45) is 0 Å². The first-order valence-corrected chi connectivity index (χ1v) is 25.1. The van der Waals surface area contributed by atoms with Crippen LogP contribution in [0, 0.1) is 0 Å². The first-order valence-electron chi connectivity index (χ1n) is 25.1. The third-order valence-electron chi connectivity index (χ3n) is 10.4. The first-order chi connectivity index (χ1) is 29.6. The summed E-state index contributed by atoms with van der Waals surface area (Å²) in [5.41, 5.74) is 0. The lowest BCUT2D eigenvalue weighted by molar-refractivity contribution is -0.162. The molecular weight excluding hydrogens is 741 g/mol. The number of esters is 2. The Hall–Kier alpha value is -2.92. The lowest BCUT2D eigenvalue weighted by Crippen LogP contribution is -2.30. The molecular formula is C55H94O5. The number of rotatable bonds is 45. The molecule has 0 aromatic heterocycles. The lowest BCUT2D eigenvalue weighted by atomic mass is 10.1. The van der Waals surface area contributed by atoms with Gasteiger partial charge in [-0.25, -0.2) is 0 Å². The number of unbranched alkanes of at least 4 members (excludes halogenated alkanes) is 20. The SMILES string of the molecule is CC/C=C\C/C=C\C/C=C\C/C=C\C/C=C\C/C=C\CCC(=O)OCC(COCCCCCCCCCCCC/C=C\CCCCCCCC)OC(=O)CCCCCCC. The van der Waals surface area contributed by atoms with Crippen molar-refractivity contribution in [1.82, 2.24) is 0 Å². The van der Waals surface area contributed by atoms with Crippen molar-refractivity contribution in [3.63, 3.8) is 0 Å². The van der Waals surface area contributed by atoms with Crippen molar-refractivity contribution >= 4 is 11.9 Å². The molecule has 344 valence electrons. The highest BCUT2D eigenvalue weighted by Gasteiger charge is 2.17. The Balaban J connectivity index is 4.13. The maximum atomic E-state index is 12.6. The van der Waals surface area contributed by atoms with Crippen LogP contribution in [0.2, 0.25) is 0 Å². The topological polar surface area (TPSA) is 61.8 Å². The summed E-state index contributed by atoms with van der Waals surface area (Å²) in [6, 6.07) is 0. The molecule has 0 spiro atoms. The van der Waals surface area contributed by atoms with Gasteiger partial charge in [-0.3, -0.25) is 9.59 Å². The summed E-state index contributed by atoms with van der Waals surface area (Å²) in [6.07, 6.45) is 66.4. The van der Waals surface area contributed by atoms with Crippen LogP contribution in [0.1, 0.15) is 226 Å². The highest BCUT2D eigenvalue weighted by molar-refractivity contribution is 5.70. The third kappa shape index (κ3) is 47.8. The molecule has 0 aliphatic rings. The molecule has 1 unspecified atom stereocenters. The van der Waals surface area contributed by atoms with Crippen molar-refractivity contribution in [3.05, 3.63) is 85.1 Å². The van der Waals surface area contributed by atoms with Gasteiger partial charge in [0.2, 0.25) is 0 Å². The highest BCUT2D eigenvalue weighted by Crippen LogP contribution is 2.13. The molecule has 0 aromatic rings. The predicted octanol–water partition coefficient (Wildman–Crippen LogP) is 16.9. The van der Waals surface area contributed by atoms with E-state index in [1.54, 1.807) is 0 Å². The van der Waals surface area contributed by atoms with Gasteiger partial charge in [0.1, 0.15) is 6.61 Å². The Bertz CT molecular complexity index is 1130. The normalized spacial score (nSPS) is 12.9. The lowest BCUT2D eigenvalue weighted by Gasteiger charge is -2.18. The Morgan fingerprint density at radius 3 is 1.27 bits per heavy atom. The first kappa shape index (κ1) is 57.1. The predicted molar refractivity (Wildman–Crippen MR) is 260 cm³/mol. The van der Waals surface area contributed by atoms with Gasteiger partial charge in [-0.05, 0) is 83.5 Å². The molecule has 0 aliphatic heterocycles. The monoisotopic (exact) mass is 835 g/mol. The van der Waals surface area contributed by atoms with E-state index in [-0.39, 0.29) is 25.2 Å². The minimum Gasteiger partial charge on any atom is -0.462 e. The van der Waals surface area contributed by atoms with Gasteiger partial charge in [0.05, 0.1) is 6.61 Å². The molecule has 0 aliphatic carbocycles. The number of hydrogen-bond donors (Lipinski definition) is 0. The molecule has 0 N–H and O–H groups in total. The van der Waals surface area contributed by atoms with E-state index < -0.39 is 6.10 Å². The number of allylic oxidation sites excluding steroid dienone is 14. The molecule has 60 heavy (non-hydrogen) atoms. The second-order valence-electron chi connectivity index (χ2n) is 16.3. The molecule has 0 bridgehead atoms. The molecule has 0 heterocycles. The van der Waals surface area contributed by atoms with Crippen LogP contribution >= 0.6 is 0 Å². The fraction of sp³-hybridized carbons (Fsp3) is 0.709. The van der Waals surface area contributed by atoms with Crippen molar-refractivity contribution in [2.45, 2.75) is 232 Å². The molecule has 5 nitrogen and oxygen atoms in total. The average Bonchev–Trinajstić information content (AvgIpc) is 3.25. The van der Waals surface area contributed by atoms with Crippen LogP contribution in [0.4, 0.5) is 0 Å². The van der Waals surface area contributed by atoms with Crippen LogP contribution in [0.3, 0.4) is 0 Å². The Kier molecular flexibility index (Phi) is 48.0. The molecule has 0 saturated carbocycles. The summed E-state index contributed by atoms with van der Waals surface area (Å²) in [5, 5.41) is 0. The van der Waals surface area contributed by atoms with Crippen LogP contribution in [-0.4, -0.2) is 37.9 Å². The van der Waals surface area contributed by atoms with Gasteiger partial charge in [0, 0.05) is 19.4 Å². The highest BCUT2D eigenvalue weighted by atomic mass is 16.6. The van der Waals surface area contributed by atoms with Crippen LogP contribution in [0.25, 0.3) is 0 Å².